The van der Waals surface area contributed by atoms with Crippen LogP contribution in [0, 0.1) is 0 Å². The fourth-order valence-electron chi connectivity index (χ4n) is 5.04. The minimum Gasteiger partial charge on any atom is -0.384 e. The fourth-order valence-corrected chi connectivity index (χ4v) is 5.04. The Balaban J connectivity index is 1.53. The average Bonchev–Trinajstić information content (AvgIpc) is 2.86. The lowest BCUT2D eigenvalue weighted by molar-refractivity contribution is 0.174. The molecule has 0 bridgehead atoms. The van der Waals surface area contributed by atoms with Gasteiger partial charge in [0, 0.05) is 0 Å². The molecule has 32 heavy (non-hydrogen) atoms. The number of aliphatic hydroxyl groups excluding tert-OH is 2. The van der Waals surface area contributed by atoms with Crippen molar-refractivity contribution in [2.75, 3.05) is 0 Å². The summed E-state index contributed by atoms with van der Waals surface area (Å²) in [5.74, 6) is 0. The molecule has 1 aliphatic carbocycles. The summed E-state index contributed by atoms with van der Waals surface area (Å²) in [5, 5.41) is 24.8. The predicted octanol–water partition coefficient (Wildman–Crippen LogP) is 6.65. The zero-order chi connectivity index (χ0) is 21.7. The molecule has 0 fully saturated rings. The lowest BCUT2D eigenvalue weighted by Crippen LogP contribution is -2.18. The second-order valence-corrected chi connectivity index (χ2v) is 8.35. The zero-order valence-corrected chi connectivity index (χ0v) is 17.4. The Bertz CT molecular complexity index is 1460. The van der Waals surface area contributed by atoms with Crippen LogP contribution in [0.4, 0.5) is 0 Å². The van der Waals surface area contributed by atoms with Gasteiger partial charge in [-0.15, -0.1) is 0 Å². The Labute approximate surface area is 187 Å². The van der Waals surface area contributed by atoms with Crippen molar-refractivity contribution in [1.82, 2.24) is 0 Å². The van der Waals surface area contributed by atoms with Crippen LogP contribution in [0.1, 0.15) is 34.5 Å². The number of rotatable bonds is 2. The molecule has 154 valence electrons. The smallest absolute Gasteiger partial charge is 0.105 e. The van der Waals surface area contributed by atoms with E-state index in [2.05, 4.69) is 66.7 Å². The Hall–Kier alpha value is -3.72. The van der Waals surface area contributed by atoms with Gasteiger partial charge in [-0.3, -0.25) is 0 Å². The minimum absolute atomic E-state index is 0.745. The summed E-state index contributed by atoms with van der Waals surface area (Å²) in [5.41, 5.74) is 7.38. The summed E-state index contributed by atoms with van der Waals surface area (Å²) in [7, 11) is 0. The SMILES string of the molecule is OC1c2ccccc2C(O)c2c(-c3cccc(-c4cccc5ccccc45)c3)cccc21. The molecule has 2 nitrogen and oxygen atoms in total. The molecule has 2 atom stereocenters. The standard InChI is InChI=1S/C30H22O2/c31-29-25-13-3-4-14-26(25)30(32)28-24(16-7-17-27(28)29)21-11-5-10-20(18-21)23-15-6-9-19-8-1-2-12-22(19)23/h1-18,29-32H. The van der Waals surface area contributed by atoms with Gasteiger partial charge < -0.3 is 10.2 Å². The van der Waals surface area contributed by atoms with E-state index < -0.39 is 12.2 Å². The molecule has 1 aliphatic rings. The van der Waals surface area contributed by atoms with Crippen LogP contribution in [0.3, 0.4) is 0 Å². The molecule has 6 rings (SSSR count). The van der Waals surface area contributed by atoms with Gasteiger partial charge in [-0.05, 0) is 61.3 Å². The van der Waals surface area contributed by atoms with Crippen LogP contribution in [-0.4, -0.2) is 10.2 Å². The van der Waals surface area contributed by atoms with Crippen molar-refractivity contribution >= 4 is 10.8 Å². The van der Waals surface area contributed by atoms with Crippen LogP contribution in [0.5, 0.6) is 0 Å². The molecule has 0 heterocycles. The highest BCUT2D eigenvalue weighted by molar-refractivity contribution is 5.97. The van der Waals surface area contributed by atoms with Crippen molar-refractivity contribution in [2.24, 2.45) is 0 Å². The highest BCUT2D eigenvalue weighted by Crippen LogP contribution is 2.45. The molecule has 2 unspecified atom stereocenters. The maximum atomic E-state index is 11.3. The van der Waals surface area contributed by atoms with Crippen molar-refractivity contribution < 1.29 is 10.2 Å². The summed E-state index contributed by atoms with van der Waals surface area (Å²) in [6.45, 7) is 0. The zero-order valence-electron chi connectivity index (χ0n) is 17.4. The normalized spacial score (nSPS) is 17.1. The summed E-state index contributed by atoms with van der Waals surface area (Å²) >= 11 is 0. The molecule has 0 aromatic heterocycles. The van der Waals surface area contributed by atoms with Gasteiger partial charge in [-0.25, -0.2) is 0 Å². The third-order valence-electron chi connectivity index (χ3n) is 6.57. The minimum atomic E-state index is -0.776. The highest BCUT2D eigenvalue weighted by Gasteiger charge is 2.31. The van der Waals surface area contributed by atoms with E-state index in [4.69, 9.17) is 0 Å². The Morgan fingerprint density at radius 2 is 1.03 bits per heavy atom. The lowest BCUT2D eigenvalue weighted by atomic mass is 9.78. The molecule has 5 aromatic carbocycles. The molecular weight excluding hydrogens is 392 g/mol. The van der Waals surface area contributed by atoms with Gasteiger partial charge in [0.05, 0.1) is 0 Å². The van der Waals surface area contributed by atoms with Crippen molar-refractivity contribution in [2.45, 2.75) is 12.2 Å². The van der Waals surface area contributed by atoms with Crippen LogP contribution in [-0.2, 0) is 0 Å². The summed E-state index contributed by atoms with van der Waals surface area (Å²) < 4.78 is 0. The second kappa shape index (κ2) is 7.45. The van der Waals surface area contributed by atoms with Gasteiger partial charge in [0.25, 0.3) is 0 Å². The first-order chi connectivity index (χ1) is 15.7. The summed E-state index contributed by atoms with van der Waals surface area (Å²) in [4.78, 5) is 0. The first kappa shape index (κ1) is 19.0. The summed E-state index contributed by atoms with van der Waals surface area (Å²) in [6.07, 6.45) is -1.52. The molecule has 0 saturated heterocycles. The maximum Gasteiger partial charge on any atom is 0.105 e. The van der Waals surface area contributed by atoms with Gasteiger partial charge in [-0.1, -0.05) is 103 Å². The van der Waals surface area contributed by atoms with E-state index in [1.165, 1.54) is 16.3 Å². The van der Waals surface area contributed by atoms with E-state index in [-0.39, 0.29) is 0 Å². The molecule has 0 aliphatic heterocycles. The Morgan fingerprint density at radius 3 is 1.88 bits per heavy atom. The quantitative estimate of drug-likeness (QED) is 0.339. The topological polar surface area (TPSA) is 40.5 Å². The number of fused-ring (bicyclic) bond motifs is 3. The molecule has 0 radical (unpaired) electrons. The first-order valence-corrected chi connectivity index (χ1v) is 10.9. The van der Waals surface area contributed by atoms with Crippen molar-refractivity contribution in [1.29, 1.82) is 0 Å². The Kier molecular flexibility index (Phi) is 4.43. The molecule has 0 saturated carbocycles. The number of hydrogen-bond donors (Lipinski definition) is 2. The van der Waals surface area contributed by atoms with Crippen LogP contribution in [0.15, 0.2) is 109 Å². The van der Waals surface area contributed by atoms with Gasteiger partial charge >= 0.3 is 0 Å². The fraction of sp³-hybridized carbons (Fsp3) is 0.0667. The van der Waals surface area contributed by atoms with Gasteiger partial charge in [-0.2, -0.15) is 0 Å². The van der Waals surface area contributed by atoms with E-state index in [9.17, 15) is 10.2 Å². The first-order valence-electron chi connectivity index (χ1n) is 10.9. The third kappa shape index (κ3) is 2.89. The van der Waals surface area contributed by atoms with Crippen molar-refractivity contribution in [3.8, 4) is 22.3 Å². The highest BCUT2D eigenvalue weighted by atomic mass is 16.3. The molecule has 2 heteroatoms. The lowest BCUT2D eigenvalue weighted by Gasteiger charge is -2.30. The number of hydrogen-bond acceptors (Lipinski definition) is 2. The van der Waals surface area contributed by atoms with E-state index in [0.29, 0.717) is 0 Å². The largest absolute Gasteiger partial charge is 0.384 e. The number of aliphatic hydroxyl groups is 2. The number of benzene rings is 5. The van der Waals surface area contributed by atoms with Crippen molar-refractivity contribution in [3.63, 3.8) is 0 Å². The average molecular weight is 415 g/mol. The van der Waals surface area contributed by atoms with E-state index in [1.54, 1.807) is 0 Å². The van der Waals surface area contributed by atoms with Crippen molar-refractivity contribution in [3.05, 3.63) is 131 Å². The monoisotopic (exact) mass is 414 g/mol. The molecule has 0 spiro atoms. The summed E-state index contributed by atoms with van der Waals surface area (Å²) in [6, 6.07) is 36.7. The van der Waals surface area contributed by atoms with Crippen LogP contribution in [0.2, 0.25) is 0 Å². The third-order valence-corrected chi connectivity index (χ3v) is 6.57. The van der Waals surface area contributed by atoms with Gasteiger partial charge in [0.2, 0.25) is 0 Å². The molecular formula is C30H22O2. The van der Waals surface area contributed by atoms with Gasteiger partial charge in [0.1, 0.15) is 12.2 Å². The predicted molar refractivity (Wildman–Crippen MR) is 129 cm³/mol. The van der Waals surface area contributed by atoms with Crippen LogP contribution >= 0.6 is 0 Å². The molecule has 5 aromatic rings. The van der Waals surface area contributed by atoms with Crippen LogP contribution in [0.25, 0.3) is 33.0 Å². The molecule has 0 amide bonds. The Morgan fingerprint density at radius 1 is 0.469 bits per heavy atom. The van der Waals surface area contributed by atoms with E-state index in [0.717, 1.165) is 38.9 Å². The molecule has 2 N–H and O–H groups in total. The van der Waals surface area contributed by atoms with E-state index >= 15 is 0 Å². The van der Waals surface area contributed by atoms with Crippen LogP contribution < -0.4 is 0 Å². The second-order valence-electron chi connectivity index (χ2n) is 8.35. The van der Waals surface area contributed by atoms with E-state index in [1.807, 2.05) is 42.5 Å². The maximum absolute atomic E-state index is 11.3. The van der Waals surface area contributed by atoms with Gasteiger partial charge in [0.15, 0.2) is 0 Å².